The van der Waals surface area contributed by atoms with E-state index in [1.165, 1.54) is 6.07 Å². The first-order valence-electron chi connectivity index (χ1n) is 5.19. The van der Waals surface area contributed by atoms with Gasteiger partial charge in [0.15, 0.2) is 9.84 Å². The average Bonchev–Trinajstić information content (AvgIpc) is 2.38. The summed E-state index contributed by atoms with van der Waals surface area (Å²) in [4.78, 5) is -0.131. The fourth-order valence-corrected chi connectivity index (χ4v) is 3.88. The molecule has 0 saturated heterocycles. The van der Waals surface area contributed by atoms with Crippen LogP contribution in [0, 0.1) is 5.82 Å². The molecule has 16 heavy (non-hydrogen) atoms. The first kappa shape index (κ1) is 11.5. The third-order valence-corrected chi connectivity index (χ3v) is 4.43. The number of rotatable bonds is 2. The van der Waals surface area contributed by atoms with Crippen LogP contribution in [0.5, 0.6) is 0 Å². The molecular weight excluding hydrogens is 229 g/mol. The summed E-state index contributed by atoms with van der Waals surface area (Å²) in [6.45, 7) is 3.87. The summed E-state index contributed by atoms with van der Waals surface area (Å²) < 4.78 is 37.1. The van der Waals surface area contributed by atoms with Crippen LogP contribution in [0.3, 0.4) is 0 Å². The van der Waals surface area contributed by atoms with Crippen molar-refractivity contribution in [3.63, 3.8) is 0 Å². The maximum Gasteiger partial charge on any atom is 0.183 e. The van der Waals surface area contributed by atoms with Gasteiger partial charge in [-0.2, -0.15) is 0 Å². The Bertz CT molecular complexity index is 511. The Morgan fingerprint density at radius 3 is 2.75 bits per heavy atom. The first-order valence-corrected chi connectivity index (χ1v) is 6.84. The minimum absolute atomic E-state index is 0.0541. The molecule has 0 aromatic heterocycles. The molecule has 0 bridgehead atoms. The number of benzene rings is 1. The monoisotopic (exact) mass is 243 g/mol. The van der Waals surface area contributed by atoms with Crippen molar-refractivity contribution in [3.05, 3.63) is 29.6 Å². The minimum Gasteiger partial charge on any atom is -0.307 e. The smallest absolute Gasteiger partial charge is 0.183 e. The van der Waals surface area contributed by atoms with Crippen molar-refractivity contribution in [2.75, 3.05) is 5.75 Å². The Balaban J connectivity index is 2.52. The van der Waals surface area contributed by atoms with Gasteiger partial charge in [0.05, 0.1) is 5.75 Å². The van der Waals surface area contributed by atoms with Gasteiger partial charge in [0, 0.05) is 12.1 Å². The van der Waals surface area contributed by atoms with E-state index in [2.05, 4.69) is 5.32 Å². The molecule has 1 N–H and O–H groups in total. The summed E-state index contributed by atoms with van der Waals surface area (Å²) in [5.41, 5.74) is 0.550. The molecular formula is C11H14FNO2S. The largest absolute Gasteiger partial charge is 0.307 e. The summed E-state index contributed by atoms with van der Waals surface area (Å²) in [5, 5.41) is 3.13. The van der Waals surface area contributed by atoms with Crippen LogP contribution >= 0.6 is 0 Å². The predicted octanol–water partition coefficient (Wildman–Crippen LogP) is 1.65. The molecule has 1 aliphatic rings. The van der Waals surface area contributed by atoms with Gasteiger partial charge in [-0.3, -0.25) is 0 Å². The standard InChI is InChI=1S/C11H14FNO2S/c1-7(2)13-10-6-16(14,15)11-8(10)4-3-5-9(11)12/h3-5,7,10,13H,6H2,1-2H3. The molecule has 1 aromatic carbocycles. The lowest BCUT2D eigenvalue weighted by molar-refractivity contribution is 0.505. The second-order valence-electron chi connectivity index (χ2n) is 4.31. The number of hydrogen-bond acceptors (Lipinski definition) is 3. The van der Waals surface area contributed by atoms with Gasteiger partial charge in [0.25, 0.3) is 0 Å². The molecule has 0 fully saturated rings. The Morgan fingerprint density at radius 2 is 2.12 bits per heavy atom. The zero-order valence-electron chi connectivity index (χ0n) is 9.20. The quantitative estimate of drug-likeness (QED) is 0.859. The van der Waals surface area contributed by atoms with E-state index in [0.29, 0.717) is 5.56 Å². The Labute approximate surface area is 94.6 Å². The van der Waals surface area contributed by atoms with E-state index < -0.39 is 15.7 Å². The van der Waals surface area contributed by atoms with Gasteiger partial charge in [-0.25, -0.2) is 12.8 Å². The maximum atomic E-state index is 13.5. The molecule has 0 saturated carbocycles. The van der Waals surface area contributed by atoms with Crippen molar-refractivity contribution < 1.29 is 12.8 Å². The zero-order chi connectivity index (χ0) is 11.9. The van der Waals surface area contributed by atoms with E-state index in [4.69, 9.17) is 0 Å². The van der Waals surface area contributed by atoms with E-state index in [9.17, 15) is 12.8 Å². The Kier molecular flexibility index (Phi) is 2.75. The van der Waals surface area contributed by atoms with Crippen LogP contribution in [0.15, 0.2) is 23.1 Å². The molecule has 1 unspecified atom stereocenters. The molecule has 3 nitrogen and oxygen atoms in total. The van der Waals surface area contributed by atoms with Gasteiger partial charge in [0.2, 0.25) is 0 Å². The van der Waals surface area contributed by atoms with Crippen LogP contribution in [0.2, 0.25) is 0 Å². The average molecular weight is 243 g/mol. The van der Waals surface area contributed by atoms with E-state index in [-0.39, 0.29) is 22.7 Å². The minimum atomic E-state index is -3.47. The topological polar surface area (TPSA) is 46.2 Å². The third-order valence-electron chi connectivity index (χ3n) is 2.60. The van der Waals surface area contributed by atoms with Crippen LogP contribution in [-0.4, -0.2) is 20.2 Å². The number of halogens is 1. The molecule has 0 radical (unpaired) electrons. The van der Waals surface area contributed by atoms with Crippen LogP contribution in [0.4, 0.5) is 4.39 Å². The fraction of sp³-hybridized carbons (Fsp3) is 0.455. The normalized spacial score (nSPS) is 22.4. The molecule has 1 aliphatic heterocycles. The van der Waals surface area contributed by atoms with E-state index in [1.807, 2.05) is 13.8 Å². The molecule has 5 heteroatoms. The summed E-state index contributed by atoms with van der Waals surface area (Å²) in [6, 6.07) is 4.27. The van der Waals surface area contributed by atoms with Crippen molar-refractivity contribution in [1.82, 2.24) is 5.32 Å². The SMILES string of the molecule is CC(C)NC1CS(=O)(=O)c2c(F)cccc21. The molecule has 0 spiro atoms. The van der Waals surface area contributed by atoms with Crippen molar-refractivity contribution in [1.29, 1.82) is 0 Å². The Morgan fingerprint density at radius 1 is 1.44 bits per heavy atom. The molecule has 1 atom stereocenters. The molecule has 88 valence electrons. The van der Waals surface area contributed by atoms with Gasteiger partial charge >= 0.3 is 0 Å². The summed E-state index contributed by atoms with van der Waals surface area (Å²) in [5.74, 6) is -0.702. The first-order chi connectivity index (χ1) is 7.42. The summed E-state index contributed by atoms with van der Waals surface area (Å²) in [7, 11) is -3.47. The van der Waals surface area contributed by atoms with E-state index in [0.717, 1.165) is 0 Å². The summed E-state index contributed by atoms with van der Waals surface area (Å²) in [6.07, 6.45) is 0. The predicted molar refractivity (Wildman–Crippen MR) is 59.5 cm³/mol. The molecule has 1 aromatic rings. The molecule has 0 aliphatic carbocycles. The highest BCUT2D eigenvalue weighted by atomic mass is 32.2. The Hall–Kier alpha value is -0.940. The highest BCUT2D eigenvalue weighted by molar-refractivity contribution is 7.91. The lowest BCUT2D eigenvalue weighted by atomic mass is 10.1. The van der Waals surface area contributed by atoms with Crippen molar-refractivity contribution in [2.45, 2.75) is 30.8 Å². The van der Waals surface area contributed by atoms with Gasteiger partial charge in [0.1, 0.15) is 10.7 Å². The third kappa shape index (κ3) is 1.85. The lowest BCUT2D eigenvalue weighted by Crippen LogP contribution is -2.29. The number of hydrogen-bond donors (Lipinski definition) is 1. The van der Waals surface area contributed by atoms with Gasteiger partial charge < -0.3 is 5.32 Å². The van der Waals surface area contributed by atoms with Crippen molar-refractivity contribution in [3.8, 4) is 0 Å². The van der Waals surface area contributed by atoms with Crippen LogP contribution in [0.1, 0.15) is 25.5 Å². The highest BCUT2D eigenvalue weighted by Crippen LogP contribution is 2.35. The van der Waals surface area contributed by atoms with Gasteiger partial charge in [-0.15, -0.1) is 0 Å². The van der Waals surface area contributed by atoms with Crippen LogP contribution < -0.4 is 5.32 Å². The van der Waals surface area contributed by atoms with Crippen LogP contribution in [0.25, 0.3) is 0 Å². The van der Waals surface area contributed by atoms with E-state index in [1.54, 1.807) is 12.1 Å². The molecule has 0 amide bonds. The molecule has 1 heterocycles. The molecule has 2 rings (SSSR count). The van der Waals surface area contributed by atoms with Gasteiger partial charge in [-0.1, -0.05) is 26.0 Å². The van der Waals surface area contributed by atoms with Crippen molar-refractivity contribution >= 4 is 9.84 Å². The second-order valence-corrected chi connectivity index (χ2v) is 6.28. The zero-order valence-corrected chi connectivity index (χ0v) is 10.0. The number of sulfone groups is 1. The highest BCUT2D eigenvalue weighted by Gasteiger charge is 2.37. The van der Waals surface area contributed by atoms with Crippen molar-refractivity contribution in [2.24, 2.45) is 0 Å². The maximum absolute atomic E-state index is 13.5. The lowest BCUT2D eigenvalue weighted by Gasteiger charge is -2.15. The second kappa shape index (κ2) is 3.82. The fourth-order valence-electron chi connectivity index (χ4n) is 2.06. The van der Waals surface area contributed by atoms with E-state index >= 15 is 0 Å². The summed E-state index contributed by atoms with van der Waals surface area (Å²) >= 11 is 0. The number of fused-ring (bicyclic) bond motifs is 1. The number of nitrogens with one attached hydrogen (secondary N) is 1. The van der Waals surface area contributed by atoms with Crippen LogP contribution in [-0.2, 0) is 9.84 Å². The van der Waals surface area contributed by atoms with Gasteiger partial charge in [-0.05, 0) is 11.6 Å².